The third-order valence-corrected chi connectivity index (χ3v) is 2.73. The Morgan fingerprint density at radius 1 is 1.57 bits per heavy atom. The van der Waals surface area contributed by atoms with Crippen molar-refractivity contribution in [2.24, 2.45) is 7.05 Å². The molecule has 0 aliphatic heterocycles. The van der Waals surface area contributed by atoms with Crippen LogP contribution in [0.5, 0.6) is 0 Å². The van der Waals surface area contributed by atoms with Gasteiger partial charge >= 0.3 is 5.88 Å². The highest BCUT2D eigenvalue weighted by Gasteiger charge is 2.10. The summed E-state index contributed by atoms with van der Waals surface area (Å²) in [4.78, 5) is 21.5. The van der Waals surface area contributed by atoms with Crippen molar-refractivity contribution in [3.63, 3.8) is 0 Å². The molecule has 8 heteroatoms. The molecule has 0 atom stereocenters. The van der Waals surface area contributed by atoms with Gasteiger partial charge in [-0.1, -0.05) is 0 Å². The number of carbonyl (C=O) groups excluding carboxylic acids is 1. The molecule has 0 aromatic carbocycles. The van der Waals surface area contributed by atoms with Crippen molar-refractivity contribution in [2.45, 2.75) is 13.5 Å². The molecule has 0 fully saturated rings. The number of amides is 1. The van der Waals surface area contributed by atoms with Gasteiger partial charge in [0.25, 0.3) is 0 Å². The maximum Gasteiger partial charge on any atom is 0.433 e. The Morgan fingerprint density at radius 3 is 2.90 bits per heavy atom. The first kappa shape index (κ1) is 14.5. The van der Waals surface area contributed by atoms with Gasteiger partial charge in [-0.25, -0.2) is 0 Å². The van der Waals surface area contributed by atoms with Gasteiger partial charge < -0.3 is 9.73 Å². The monoisotopic (exact) mass is 290 g/mol. The topological polar surface area (TPSA) is 103 Å². The summed E-state index contributed by atoms with van der Waals surface area (Å²) in [6, 6.07) is 4.53. The summed E-state index contributed by atoms with van der Waals surface area (Å²) in [6.45, 7) is 2.22. The maximum absolute atomic E-state index is 11.6. The number of hydrogen-bond acceptors (Lipinski definition) is 5. The first-order valence-electron chi connectivity index (χ1n) is 6.15. The highest BCUT2D eigenvalue weighted by atomic mass is 16.6. The standard InChI is InChI=1S/C13H14N4O4/c1-9-7-10(16(2)15-9)8-14-12(18)5-3-11-4-6-13(21-11)17(19)20/h3-7H,8H2,1-2H3,(H,14,18)/b5-3+. The van der Waals surface area contributed by atoms with Crippen LogP contribution in [0.2, 0.25) is 0 Å². The fraction of sp³-hybridized carbons (Fsp3) is 0.231. The average molecular weight is 290 g/mol. The number of aryl methyl sites for hydroxylation is 2. The van der Waals surface area contributed by atoms with Gasteiger partial charge in [-0.05, 0) is 25.1 Å². The van der Waals surface area contributed by atoms with Crippen molar-refractivity contribution in [2.75, 3.05) is 0 Å². The summed E-state index contributed by atoms with van der Waals surface area (Å²) >= 11 is 0. The molecule has 0 bridgehead atoms. The Kier molecular flexibility index (Phi) is 4.17. The van der Waals surface area contributed by atoms with Gasteiger partial charge in [-0.2, -0.15) is 5.10 Å². The Hall–Kier alpha value is -2.90. The van der Waals surface area contributed by atoms with E-state index in [2.05, 4.69) is 10.4 Å². The minimum atomic E-state index is -0.637. The maximum atomic E-state index is 11.6. The van der Waals surface area contributed by atoms with Crippen LogP contribution in [0.4, 0.5) is 5.88 Å². The van der Waals surface area contributed by atoms with E-state index in [1.165, 1.54) is 24.3 Å². The zero-order valence-electron chi connectivity index (χ0n) is 11.6. The van der Waals surface area contributed by atoms with Gasteiger partial charge in [0, 0.05) is 13.1 Å². The molecule has 0 aliphatic carbocycles. The van der Waals surface area contributed by atoms with Crippen molar-refractivity contribution in [1.82, 2.24) is 15.1 Å². The van der Waals surface area contributed by atoms with Crippen LogP contribution < -0.4 is 5.32 Å². The third-order valence-electron chi connectivity index (χ3n) is 2.73. The van der Waals surface area contributed by atoms with Crippen LogP contribution >= 0.6 is 0 Å². The van der Waals surface area contributed by atoms with Crippen LogP contribution in [0.3, 0.4) is 0 Å². The second kappa shape index (κ2) is 6.04. The Labute approximate surface area is 120 Å². The molecule has 0 spiro atoms. The highest BCUT2D eigenvalue weighted by molar-refractivity contribution is 5.91. The van der Waals surface area contributed by atoms with E-state index in [-0.39, 0.29) is 17.6 Å². The minimum absolute atomic E-state index is 0.244. The normalized spacial score (nSPS) is 11.0. The van der Waals surface area contributed by atoms with E-state index in [0.717, 1.165) is 11.4 Å². The summed E-state index contributed by atoms with van der Waals surface area (Å²) in [5, 5.41) is 17.3. The molecule has 0 unspecified atom stereocenters. The zero-order chi connectivity index (χ0) is 15.4. The lowest BCUT2D eigenvalue weighted by Gasteiger charge is -2.02. The minimum Gasteiger partial charge on any atom is -0.401 e. The number of furan rings is 1. The van der Waals surface area contributed by atoms with E-state index in [1.54, 1.807) is 11.7 Å². The SMILES string of the molecule is Cc1cc(CNC(=O)/C=C/c2ccc([N+](=O)[O-])o2)n(C)n1. The molecular formula is C13H14N4O4. The number of hydrogen-bond donors (Lipinski definition) is 1. The van der Waals surface area contributed by atoms with Crippen molar-refractivity contribution in [3.8, 4) is 0 Å². The molecule has 2 aromatic rings. The number of aromatic nitrogens is 2. The third kappa shape index (κ3) is 3.78. The highest BCUT2D eigenvalue weighted by Crippen LogP contribution is 2.16. The van der Waals surface area contributed by atoms with Crippen LogP contribution in [0.15, 0.2) is 28.7 Å². The van der Waals surface area contributed by atoms with Crippen molar-refractivity contribution in [1.29, 1.82) is 0 Å². The largest absolute Gasteiger partial charge is 0.433 e. The van der Waals surface area contributed by atoms with Gasteiger partial charge in [0.15, 0.2) is 0 Å². The molecule has 0 aliphatic rings. The van der Waals surface area contributed by atoms with E-state index < -0.39 is 4.92 Å². The molecule has 2 heterocycles. The second-order valence-corrected chi connectivity index (χ2v) is 4.38. The molecule has 0 saturated carbocycles. The van der Waals surface area contributed by atoms with Crippen molar-refractivity contribution in [3.05, 3.63) is 51.5 Å². The fourth-order valence-corrected chi connectivity index (χ4v) is 1.75. The smallest absolute Gasteiger partial charge is 0.401 e. The van der Waals surface area contributed by atoms with Crippen LogP contribution in [0.1, 0.15) is 17.1 Å². The Balaban J connectivity index is 1.90. The quantitative estimate of drug-likeness (QED) is 0.511. The Morgan fingerprint density at radius 2 is 2.33 bits per heavy atom. The van der Waals surface area contributed by atoms with Gasteiger partial charge in [0.05, 0.1) is 24.0 Å². The van der Waals surface area contributed by atoms with Crippen LogP contribution in [0.25, 0.3) is 6.08 Å². The molecule has 110 valence electrons. The van der Waals surface area contributed by atoms with Crippen LogP contribution in [0, 0.1) is 17.0 Å². The molecule has 0 saturated heterocycles. The summed E-state index contributed by atoms with van der Waals surface area (Å²) in [5.41, 5.74) is 1.75. The Bertz CT molecular complexity index is 699. The second-order valence-electron chi connectivity index (χ2n) is 4.38. The van der Waals surface area contributed by atoms with Crippen LogP contribution in [-0.2, 0) is 18.4 Å². The molecule has 21 heavy (non-hydrogen) atoms. The first-order valence-corrected chi connectivity index (χ1v) is 6.15. The summed E-state index contributed by atoms with van der Waals surface area (Å²) in [5.74, 6) is -0.443. The summed E-state index contributed by atoms with van der Waals surface area (Å²) in [6.07, 6.45) is 2.63. The average Bonchev–Trinajstić information content (AvgIpc) is 3.01. The van der Waals surface area contributed by atoms with Gasteiger partial charge in [-0.15, -0.1) is 0 Å². The molecule has 2 aromatic heterocycles. The van der Waals surface area contributed by atoms with Gasteiger partial charge in [-0.3, -0.25) is 19.6 Å². The van der Waals surface area contributed by atoms with Crippen molar-refractivity contribution >= 4 is 17.9 Å². The summed E-state index contributed by atoms with van der Waals surface area (Å²) in [7, 11) is 1.80. The number of nitrogens with one attached hydrogen (secondary N) is 1. The lowest BCUT2D eigenvalue weighted by atomic mass is 10.3. The molecule has 1 N–H and O–H groups in total. The lowest BCUT2D eigenvalue weighted by Crippen LogP contribution is -2.21. The van der Waals surface area contributed by atoms with E-state index in [4.69, 9.17) is 4.42 Å². The molecule has 0 radical (unpaired) electrons. The molecule has 8 nitrogen and oxygen atoms in total. The molecule has 2 rings (SSSR count). The number of carbonyl (C=O) groups is 1. The number of nitrogens with zero attached hydrogens (tertiary/aromatic N) is 3. The molecule has 1 amide bonds. The fourth-order valence-electron chi connectivity index (χ4n) is 1.75. The first-order chi connectivity index (χ1) is 9.95. The van der Waals surface area contributed by atoms with Gasteiger partial charge in [0.1, 0.15) is 10.7 Å². The number of nitro groups is 1. The number of rotatable bonds is 5. The van der Waals surface area contributed by atoms with Crippen LogP contribution in [-0.4, -0.2) is 20.6 Å². The predicted molar refractivity (Wildman–Crippen MR) is 74.2 cm³/mol. The molecular weight excluding hydrogens is 276 g/mol. The van der Waals surface area contributed by atoms with Gasteiger partial charge in [0.2, 0.25) is 5.91 Å². The van der Waals surface area contributed by atoms with E-state index in [1.807, 2.05) is 13.0 Å². The summed E-state index contributed by atoms with van der Waals surface area (Å²) < 4.78 is 6.59. The lowest BCUT2D eigenvalue weighted by molar-refractivity contribution is -0.402. The predicted octanol–water partition coefficient (Wildman–Crippen LogP) is 1.56. The van der Waals surface area contributed by atoms with E-state index in [9.17, 15) is 14.9 Å². The van der Waals surface area contributed by atoms with E-state index >= 15 is 0 Å². The zero-order valence-corrected chi connectivity index (χ0v) is 11.6. The van der Waals surface area contributed by atoms with E-state index in [0.29, 0.717) is 6.54 Å². The van der Waals surface area contributed by atoms with Crippen molar-refractivity contribution < 1.29 is 14.1 Å².